The summed E-state index contributed by atoms with van der Waals surface area (Å²) in [6, 6.07) is 16.6. The van der Waals surface area contributed by atoms with Gasteiger partial charge in [-0.2, -0.15) is 4.31 Å². The number of hydrogen-bond acceptors (Lipinski definition) is 3. The molecule has 5 heteroatoms. The Kier molecular flexibility index (Phi) is 5.19. The van der Waals surface area contributed by atoms with Crippen molar-refractivity contribution in [3.63, 3.8) is 0 Å². The monoisotopic (exact) mass is 422 g/mol. The number of nitrogens with zero attached hydrogens (tertiary/aromatic N) is 1. The van der Waals surface area contributed by atoms with Crippen molar-refractivity contribution in [3.8, 4) is 0 Å². The van der Waals surface area contributed by atoms with E-state index in [0.29, 0.717) is 10.8 Å². The van der Waals surface area contributed by atoms with Crippen LogP contribution in [0.5, 0.6) is 0 Å². The number of fused-ring (bicyclic) bond motifs is 3. The third kappa shape index (κ3) is 3.38. The molecule has 3 atom stereocenters. The summed E-state index contributed by atoms with van der Waals surface area (Å²) in [7, 11) is -1.73. The first-order valence-electron chi connectivity index (χ1n) is 11.2. The van der Waals surface area contributed by atoms with Crippen LogP contribution in [0.3, 0.4) is 0 Å². The van der Waals surface area contributed by atoms with Gasteiger partial charge in [-0.25, -0.2) is 8.42 Å². The maximum atomic E-state index is 13.4. The van der Waals surface area contributed by atoms with Crippen molar-refractivity contribution < 1.29 is 8.42 Å². The molecule has 0 bridgehead atoms. The van der Waals surface area contributed by atoms with E-state index in [9.17, 15) is 8.42 Å². The zero-order valence-electron chi connectivity index (χ0n) is 17.5. The maximum Gasteiger partial charge on any atom is 0.243 e. The summed E-state index contributed by atoms with van der Waals surface area (Å²) < 4.78 is 28.4. The van der Waals surface area contributed by atoms with Crippen LogP contribution >= 0.6 is 0 Å². The van der Waals surface area contributed by atoms with Gasteiger partial charge in [0, 0.05) is 24.7 Å². The first kappa shape index (κ1) is 19.8. The Balaban J connectivity index is 1.48. The van der Waals surface area contributed by atoms with Crippen molar-refractivity contribution in [1.82, 2.24) is 4.31 Å². The minimum absolute atomic E-state index is 0.125. The molecule has 1 aliphatic heterocycles. The van der Waals surface area contributed by atoms with Crippen LogP contribution in [0, 0.1) is 5.92 Å². The Hall–Kier alpha value is -2.11. The molecule has 1 saturated carbocycles. The van der Waals surface area contributed by atoms with Gasteiger partial charge in [0.15, 0.2) is 0 Å². The smallest absolute Gasteiger partial charge is 0.243 e. The van der Waals surface area contributed by atoms with Gasteiger partial charge in [0.2, 0.25) is 10.0 Å². The Bertz CT molecular complexity index is 1040. The number of sulfonamides is 1. The van der Waals surface area contributed by atoms with Crippen molar-refractivity contribution in [2.75, 3.05) is 12.4 Å². The second kappa shape index (κ2) is 7.86. The maximum absolute atomic E-state index is 13.4. The molecule has 1 fully saturated rings. The molecule has 0 aromatic heterocycles. The molecule has 2 aromatic rings. The highest BCUT2D eigenvalue weighted by Gasteiger charge is 2.39. The van der Waals surface area contributed by atoms with E-state index < -0.39 is 10.0 Å². The lowest BCUT2D eigenvalue weighted by molar-refractivity contribution is 0.286. The van der Waals surface area contributed by atoms with Gasteiger partial charge in [-0.1, -0.05) is 61.7 Å². The molecule has 30 heavy (non-hydrogen) atoms. The standard InChI is InChI=1S/C25H30N2O2S/c1-27(19-11-6-3-7-12-19)30(28,29)20-15-16-24-23(17-20)21-13-8-14-22(21)25(26-24)18-9-4-2-5-10-18/h2,4-5,8-10,13,15-17,19,21-22,25-26H,3,6-7,11-12,14H2,1H3. The Labute approximate surface area is 180 Å². The van der Waals surface area contributed by atoms with Crippen molar-refractivity contribution >= 4 is 15.7 Å². The number of anilines is 1. The molecule has 2 aliphatic carbocycles. The largest absolute Gasteiger partial charge is 0.378 e. The molecule has 2 aromatic carbocycles. The first-order valence-corrected chi connectivity index (χ1v) is 12.6. The molecule has 1 heterocycles. The molecule has 4 nitrogen and oxygen atoms in total. The highest BCUT2D eigenvalue weighted by atomic mass is 32.2. The topological polar surface area (TPSA) is 49.4 Å². The van der Waals surface area contributed by atoms with E-state index >= 15 is 0 Å². The zero-order valence-corrected chi connectivity index (χ0v) is 18.3. The Morgan fingerprint density at radius 3 is 2.53 bits per heavy atom. The SMILES string of the molecule is CN(C1CCCCC1)S(=O)(=O)c1ccc2c(c1)C1C=CCC1C(c1ccccc1)N2. The van der Waals surface area contributed by atoms with Gasteiger partial charge in [0.25, 0.3) is 0 Å². The zero-order chi connectivity index (χ0) is 20.7. The molecule has 0 radical (unpaired) electrons. The predicted molar refractivity (Wildman–Crippen MR) is 121 cm³/mol. The third-order valence-corrected chi connectivity index (χ3v) is 9.16. The van der Waals surface area contributed by atoms with Crippen LogP contribution in [0.15, 0.2) is 65.6 Å². The quantitative estimate of drug-likeness (QED) is 0.665. The van der Waals surface area contributed by atoms with Crippen LogP contribution < -0.4 is 5.32 Å². The summed E-state index contributed by atoms with van der Waals surface area (Å²) >= 11 is 0. The van der Waals surface area contributed by atoms with Crippen LogP contribution in [0.1, 0.15) is 61.6 Å². The molecular weight excluding hydrogens is 392 g/mol. The van der Waals surface area contributed by atoms with Gasteiger partial charge >= 0.3 is 0 Å². The number of allylic oxidation sites excluding steroid dienone is 2. The average Bonchev–Trinajstić information content (AvgIpc) is 3.29. The molecule has 3 unspecified atom stereocenters. The third-order valence-electron chi connectivity index (χ3n) is 7.26. The van der Waals surface area contributed by atoms with Crippen LogP contribution in [0.2, 0.25) is 0 Å². The summed E-state index contributed by atoms with van der Waals surface area (Å²) in [5.41, 5.74) is 3.45. The van der Waals surface area contributed by atoms with Crippen LogP contribution in [0.25, 0.3) is 0 Å². The number of nitrogens with one attached hydrogen (secondary N) is 1. The molecule has 158 valence electrons. The fraction of sp³-hybridized carbons (Fsp3) is 0.440. The van der Waals surface area contributed by atoms with Gasteiger partial charge in [-0.05, 0) is 54.5 Å². The van der Waals surface area contributed by atoms with Crippen LogP contribution in [0.4, 0.5) is 5.69 Å². The molecule has 0 spiro atoms. The summed E-state index contributed by atoms with van der Waals surface area (Å²) in [6.45, 7) is 0. The number of hydrogen-bond donors (Lipinski definition) is 1. The molecule has 3 aliphatic rings. The summed E-state index contributed by atoms with van der Waals surface area (Å²) in [4.78, 5) is 0.424. The van der Waals surface area contributed by atoms with Gasteiger partial charge in [-0.3, -0.25) is 0 Å². The van der Waals surface area contributed by atoms with E-state index in [1.54, 1.807) is 17.4 Å². The molecule has 0 saturated heterocycles. The lowest BCUT2D eigenvalue weighted by Crippen LogP contribution is -2.38. The van der Waals surface area contributed by atoms with E-state index in [0.717, 1.165) is 43.4 Å². The second-order valence-corrected chi connectivity index (χ2v) is 10.9. The van der Waals surface area contributed by atoms with Gasteiger partial charge in [-0.15, -0.1) is 0 Å². The van der Waals surface area contributed by atoms with Crippen LogP contribution in [-0.4, -0.2) is 25.8 Å². The first-order chi connectivity index (χ1) is 14.6. The fourth-order valence-electron chi connectivity index (χ4n) is 5.53. The van der Waals surface area contributed by atoms with Gasteiger partial charge in [0.05, 0.1) is 10.9 Å². The minimum atomic E-state index is -3.49. The minimum Gasteiger partial charge on any atom is -0.378 e. The van der Waals surface area contributed by atoms with Crippen molar-refractivity contribution in [2.24, 2.45) is 5.92 Å². The summed E-state index contributed by atoms with van der Waals surface area (Å²) in [6.07, 6.45) is 10.9. The van der Waals surface area contributed by atoms with Crippen LogP contribution in [-0.2, 0) is 10.0 Å². The molecular formula is C25H30N2O2S. The predicted octanol–water partition coefficient (Wildman–Crippen LogP) is 5.47. The lowest BCUT2D eigenvalue weighted by atomic mass is 9.77. The van der Waals surface area contributed by atoms with Gasteiger partial charge in [0.1, 0.15) is 0 Å². The van der Waals surface area contributed by atoms with E-state index in [1.165, 1.54) is 12.0 Å². The fourth-order valence-corrected chi connectivity index (χ4v) is 6.98. The number of benzene rings is 2. The second-order valence-electron chi connectivity index (χ2n) is 8.95. The molecule has 5 rings (SSSR count). The van der Waals surface area contributed by atoms with E-state index in [1.807, 2.05) is 18.2 Å². The van der Waals surface area contributed by atoms with Gasteiger partial charge < -0.3 is 5.32 Å². The Morgan fingerprint density at radius 1 is 1.00 bits per heavy atom. The van der Waals surface area contributed by atoms with E-state index in [4.69, 9.17) is 0 Å². The lowest BCUT2D eigenvalue weighted by Gasteiger charge is -2.38. The molecule has 0 amide bonds. The summed E-state index contributed by atoms with van der Waals surface area (Å²) in [5.74, 6) is 0.663. The van der Waals surface area contributed by atoms with E-state index in [2.05, 4.69) is 41.7 Å². The van der Waals surface area contributed by atoms with Crippen molar-refractivity contribution in [2.45, 2.75) is 61.4 Å². The Morgan fingerprint density at radius 2 is 1.77 bits per heavy atom. The highest BCUT2D eigenvalue weighted by molar-refractivity contribution is 7.89. The van der Waals surface area contributed by atoms with Crippen molar-refractivity contribution in [1.29, 1.82) is 0 Å². The highest BCUT2D eigenvalue weighted by Crippen LogP contribution is 2.50. The van der Waals surface area contributed by atoms with Crippen molar-refractivity contribution in [3.05, 3.63) is 71.8 Å². The summed E-state index contributed by atoms with van der Waals surface area (Å²) in [5, 5.41) is 3.71. The number of rotatable bonds is 4. The average molecular weight is 423 g/mol. The van der Waals surface area contributed by atoms with E-state index in [-0.39, 0.29) is 18.0 Å². The molecule has 1 N–H and O–H groups in total. The normalized spacial score (nSPS) is 26.3.